The van der Waals surface area contributed by atoms with Gasteiger partial charge in [-0.2, -0.15) is 4.31 Å². The molecule has 18 heavy (non-hydrogen) atoms. The summed E-state index contributed by atoms with van der Waals surface area (Å²) in [6.45, 7) is 5.49. The van der Waals surface area contributed by atoms with Crippen LogP contribution in [0.5, 0.6) is 0 Å². The molecule has 1 aromatic heterocycles. The Labute approximate surface area is 111 Å². The first kappa shape index (κ1) is 13.8. The number of sulfonamides is 1. The van der Waals surface area contributed by atoms with Crippen LogP contribution in [-0.4, -0.2) is 29.8 Å². The topological polar surface area (TPSA) is 70.2 Å². The van der Waals surface area contributed by atoms with E-state index in [4.69, 9.17) is 0 Å². The molecule has 1 saturated heterocycles. The zero-order valence-electron chi connectivity index (χ0n) is 10.8. The number of nitrogens with one attached hydrogen (secondary N) is 1. The van der Waals surface area contributed by atoms with E-state index in [1.165, 1.54) is 0 Å². The van der Waals surface area contributed by atoms with Crippen LogP contribution in [0, 0.1) is 6.92 Å². The van der Waals surface area contributed by atoms with Gasteiger partial charge in [-0.15, -0.1) is 0 Å². The van der Waals surface area contributed by atoms with E-state index in [2.05, 4.69) is 4.98 Å². The first-order valence-corrected chi connectivity index (χ1v) is 8.33. The van der Waals surface area contributed by atoms with Gasteiger partial charge in [0.2, 0.25) is 0 Å². The van der Waals surface area contributed by atoms with E-state index in [1.807, 2.05) is 13.8 Å². The predicted molar refractivity (Wildman–Crippen MR) is 71.5 cm³/mol. The number of aryl methyl sites for hydroxylation is 1. The summed E-state index contributed by atoms with van der Waals surface area (Å²) in [4.78, 5) is 13.5. The number of rotatable bonds is 2. The lowest BCUT2D eigenvalue weighted by Crippen LogP contribution is -2.47. The van der Waals surface area contributed by atoms with Crippen LogP contribution >= 0.6 is 11.3 Å². The summed E-state index contributed by atoms with van der Waals surface area (Å²) < 4.78 is 27.0. The number of thiazole rings is 1. The standard InChI is InChI=1S/C11H18N2O3S2/c1-7-5-4-6-8(2)13(7)18(15,16)10-9(3)12-11(14)17-10/h7-8H,4-6H2,1-3H3,(H,12,14). The van der Waals surface area contributed by atoms with Crippen molar-refractivity contribution in [1.82, 2.24) is 9.29 Å². The fourth-order valence-corrected chi connectivity index (χ4v) is 5.87. The van der Waals surface area contributed by atoms with Crippen LogP contribution in [0.25, 0.3) is 0 Å². The molecule has 1 N–H and O–H groups in total. The zero-order chi connectivity index (χ0) is 13.5. The molecule has 0 aromatic carbocycles. The molecule has 102 valence electrons. The van der Waals surface area contributed by atoms with Gasteiger partial charge in [0, 0.05) is 17.8 Å². The van der Waals surface area contributed by atoms with Crippen molar-refractivity contribution in [1.29, 1.82) is 0 Å². The van der Waals surface area contributed by atoms with E-state index >= 15 is 0 Å². The molecule has 2 unspecified atom stereocenters. The second kappa shape index (κ2) is 4.79. The van der Waals surface area contributed by atoms with Crippen molar-refractivity contribution in [3.63, 3.8) is 0 Å². The summed E-state index contributed by atoms with van der Waals surface area (Å²) in [7, 11) is -3.55. The smallest absolute Gasteiger partial charge is 0.305 e. The lowest BCUT2D eigenvalue weighted by atomic mass is 10.0. The number of aromatic amines is 1. The molecule has 0 bridgehead atoms. The van der Waals surface area contributed by atoms with Crippen molar-refractivity contribution in [2.75, 3.05) is 0 Å². The monoisotopic (exact) mass is 290 g/mol. The summed E-state index contributed by atoms with van der Waals surface area (Å²) >= 11 is 0.778. The van der Waals surface area contributed by atoms with Crippen molar-refractivity contribution in [2.45, 2.75) is 56.3 Å². The van der Waals surface area contributed by atoms with Crippen LogP contribution in [0.4, 0.5) is 0 Å². The summed E-state index contributed by atoms with van der Waals surface area (Å²) in [5, 5.41) is 0. The van der Waals surface area contributed by atoms with Gasteiger partial charge in [0.05, 0.1) is 0 Å². The molecule has 1 aliphatic rings. The molecule has 0 amide bonds. The fourth-order valence-electron chi connectivity index (χ4n) is 2.60. The third-order valence-electron chi connectivity index (χ3n) is 3.41. The average Bonchev–Trinajstić information content (AvgIpc) is 2.57. The van der Waals surface area contributed by atoms with Gasteiger partial charge in [-0.05, 0) is 33.6 Å². The second-order valence-corrected chi connectivity index (χ2v) is 7.91. The van der Waals surface area contributed by atoms with Crippen molar-refractivity contribution in [3.8, 4) is 0 Å². The highest BCUT2D eigenvalue weighted by Gasteiger charge is 2.37. The molecule has 2 rings (SSSR count). The average molecular weight is 290 g/mol. The molecule has 1 aromatic rings. The Morgan fingerprint density at radius 1 is 1.28 bits per heavy atom. The van der Waals surface area contributed by atoms with Crippen LogP contribution in [0.2, 0.25) is 0 Å². The first-order chi connectivity index (χ1) is 8.34. The molecular weight excluding hydrogens is 272 g/mol. The van der Waals surface area contributed by atoms with Crippen LogP contribution < -0.4 is 4.87 Å². The third-order valence-corrected chi connectivity index (χ3v) is 7.12. The molecule has 0 radical (unpaired) electrons. The highest BCUT2D eigenvalue weighted by molar-refractivity contribution is 7.91. The summed E-state index contributed by atoms with van der Waals surface area (Å²) in [5.41, 5.74) is 0.440. The highest BCUT2D eigenvalue weighted by Crippen LogP contribution is 2.31. The summed E-state index contributed by atoms with van der Waals surface area (Å²) in [5.74, 6) is 0. The number of hydrogen-bond acceptors (Lipinski definition) is 4. The molecule has 7 heteroatoms. The number of piperidine rings is 1. The number of aromatic nitrogens is 1. The first-order valence-electron chi connectivity index (χ1n) is 6.07. The van der Waals surface area contributed by atoms with Crippen molar-refractivity contribution >= 4 is 21.4 Å². The minimum atomic E-state index is -3.55. The van der Waals surface area contributed by atoms with E-state index in [-0.39, 0.29) is 21.2 Å². The molecular formula is C11H18N2O3S2. The van der Waals surface area contributed by atoms with Crippen molar-refractivity contribution in [2.24, 2.45) is 0 Å². The minimum absolute atomic E-state index is 0.00430. The second-order valence-electron chi connectivity index (χ2n) is 4.89. The van der Waals surface area contributed by atoms with E-state index in [1.54, 1.807) is 11.2 Å². The van der Waals surface area contributed by atoms with Gasteiger partial charge in [-0.1, -0.05) is 17.8 Å². The number of nitrogens with zero attached hydrogens (tertiary/aromatic N) is 1. The molecule has 0 saturated carbocycles. The lowest BCUT2D eigenvalue weighted by Gasteiger charge is -2.37. The SMILES string of the molecule is Cc1[nH]c(=O)sc1S(=O)(=O)N1C(C)CCCC1C. The number of H-pyrrole nitrogens is 1. The molecule has 0 aliphatic carbocycles. The Hall–Kier alpha value is -0.660. The molecule has 0 spiro atoms. The van der Waals surface area contributed by atoms with Gasteiger partial charge >= 0.3 is 4.87 Å². The van der Waals surface area contributed by atoms with Crippen molar-refractivity contribution in [3.05, 3.63) is 15.4 Å². The Morgan fingerprint density at radius 3 is 2.28 bits per heavy atom. The van der Waals surface area contributed by atoms with Gasteiger partial charge in [0.15, 0.2) is 4.21 Å². The zero-order valence-corrected chi connectivity index (χ0v) is 12.4. The molecule has 1 fully saturated rings. The quantitative estimate of drug-likeness (QED) is 0.901. The minimum Gasteiger partial charge on any atom is -0.315 e. The van der Waals surface area contributed by atoms with Gasteiger partial charge in [-0.3, -0.25) is 4.79 Å². The van der Waals surface area contributed by atoms with E-state index in [0.29, 0.717) is 5.69 Å². The van der Waals surface area contributed by atoms with E-state index < -0.39 is 10.0 Å². The van der Waals surface area contributed by atoms with Crippen LogP contribution in [0.15, 0.2) is 9.00 Å². The fraction of sp³-hybridized carbons (Fsp3) is 0.727. The summed E-state index contributed by atoms with van der Waals surface area (Å²) in [6, 6.07) is -0.00861. The van der Waals surface area contributed by atoms with Gasteiger partial charge in [0.1, 0.15) is 0 Å². The molecule has 2 atom stereocenters. The van der Waals surface area contributed by atoms with Gasteiger partial charge in [0.25, 0.3) is 10.0 Å². The van der Waals surface area contributed by atoms with E-state index in [9.17, 15) is 13.2 Å². The van der Waals surface area contributed by atoms with Gasteiger partial charge < -0.3 is 4.98 Å². The maximum Gasteiger partial charge on any atom is 0.305 e. The maximum atomic E-state index is 12.6. The third kappa shape index (κ3) is 2.26. The Balaban J connectivity index is 2.47. The largest absolute Gasteiger partial charge is 0.315 e. The lowest BCUT2D eigenvalue weighted by molar-refractivity contribution is 0.204. The molecule has 2 heterocycles. The van der Waals surface area contributed by atoms with Crippen LogP contribution in [0.1, 0.15) is 38.8 Å². The van der Waals surface area contributed by atoms with E-state index in [0.717, 1.165) is 30.6 Å². The Morgan fingerprint density at radius 2 is 1.83 bits per heavy atom. The summed E-state index contributed by atoms with van der Waals surface area (Å²) in [6.07, 6.45) is 2.81. The normalized spacial score (nSPS) is 26.4. The Bertz CT molecular complexity index is 578. The van der Waals surface area contributed by atoms with Gasteiger partial charge in [-0.25, -0.2) is 8.42 Å². The van der Waals surface area contributed by atoms with Crippen molar-refractivity contribution < 1.29 is 8.42 Å². The number of hydrogen-bond donors (Lipinski definition) is 1. The predicted octanol–water partition coefficient (Wildman–Crippen LogP) is 1.70. The maximum absolute atomic E-state index is 12.6. The van der Waals surface area contributed by atoms with Crippen LogP contribution in [0.3, 0.4) is 0 Å². The highest BCUT2D eigenvalue weighted by atomic mass is 32.2. The Kier molecular flexibility index (Phi) is 3.66. The molecule has 5 nitrogen and oxygen atoms in total. The molecule has 1 aliphatic heterocycles. The van der Waals surface area contributed by atoms with Crippen LogP contribution in [-0.2, 0) is 10.0 Å².